The molecule has 1 aromatic heterocycles. The number of para-hydroxylation sites is 2. The van der Waals surface area contributed by atoms with E-state index in [-0.39, 0.29) is 11.8 Å². The van der Waals surface area contributed by atoms with Gasteiger partial charge >= 0.3 is 0 Å². The molecule has 0 spiro atoms. The first-order valence-corrected chi connectivity index (χ1v) is 12.6. The second kappa shape index (κ2) is 10.1. The van der Waals surface area contributed by atoms with Gasteiger partial charge in [-0.05, 0) is 68.7 Å². The predicted octanol–water partition coefficient (Wildman–Crippen LogP) is 6.69. The average Bonchev–Trinajstić information content (AvgIpc) is 3.40. The molecule has 6 heteroatoms. The zero-order chi connectivity index (χ0) is 24.4. The highest BCUT2D eigenvalue weighted by Crippen LogP contribution is 2.34. The molecule has 2 heterocycles. The quantitative estimate of drug-likeness (QED) is 0.260. The predicted molar refractivity (Wildman–Crippen MR) is 142 cm³/mol. The van der Waals surface area contributed by atoms with E-state index >= 15 is 0 Å². The molecule has 35 heavy (non-hydrogen) atoms. The van der Waals surface area contributed by atoms with Crippen LogP contribution in [0.4, 0.5) is 5.69 Å². The van der Waals surface area contributed by atoms with Gasteiger partial charge in [0.15, 0.2) is 0 Å². The highest BCUT2D eigenvalue weighted by molar-refractivity contribution is 6.30. The van der Waals surface area contributed by atoms with Crippen molar-refractivity contribution in [3.63, 3.8) is 0 Å². The van der Waals surface area contributed by atoms with Gasteiger partial charge < -0.3 is 14.2 Å². The molecule has 1 saturated heterocycles. The van der Waals surface area contributed by atoms with Crippen molar-refractivity contribution in [2.45, 2.75) is 45.6 Å². The van der Waals surface area contributed by atoms with Gasteiger partial charge in [-0.1, -0.05) is 47.5 Å². The van der Waals surface area contributed by atoms with Crippen molar-refractivity contribution < 1.29 is 9.53 Å². The van der Waals surface area contributed by atoms with E-state index < -0.39 is 0 Å². The number of amides is 1. The number of halogens is 1. The molecular formula is C29H30ClN3O2. The molecule has 1 fully saturated rings. The summed E-state index contributed by atoms with van der Waals surface area (Å²) in [4.78, 5) is 19.7. The molecule has 0 bridgehead atoms. The number of imidazole rings is 1. The number of fused-ring (bicyclic) bond motifs is 1. The first kappa shape index (κ1) is 23.4. The third kappa shape index (κ3) is 5.06. The van der Waals surface area contributed by atoms with Gasteiger partial charge in [-0.15, -0.1) is 0 Å². The zero-order valence-corrected chi connectivity index (χ0v) is 21.0. The average molecular weight is 488 g/mol. The minimum Gasteiger partial charge on any atom is -0.493 e. The van der Waals surface area contributed by atoms with Crippen LogP contribution in [0.15, 0.2) is 66.7 Å². The van der Waals surface area contributed by atoms with E-state index in [4.69, 9.17) is 21.3 Å². The Morgan fingerprint density at radius 1 is 1.03 bits per heavy atom. The lowest BCUT2D eigenvalue weighted by atomic mass is 10.1. The summed E-state index contributed by atoms with van der Waals surface area (Å²) in [6.45, 7) is 6.31. The minimum absolute atomic E-state index is 0.0420. The third-order valence-corrected chi connectivity index (χ3v) is 6.89. The van der Waals surface area contributed by atoms with Gasteiger partial charge in [0, 0.05) is 36.1 Å². The molecule has 5 nitrogen and oxygen atoms in total. The summed E-state index contributed by atoms with van der Waals surface area (Å²) in [5.41, 5.74) is 5.35. The SMILES string of the molecule is Cc1ccc(OCCCCn2c(C3CC(=O)N(c4cccc(Cl)c4)C3)nc3ccccc32)c(C)c1. The second-order valence-electron chi connectivity index (χ2n) is 9.32. The van der Waals surface area contributed by atoms with Crippen LogP contribution in [0.3, 0.4) is 0 Å². The fourth-order valence-electron chi connectivity index (χ4n) is 4.93. The van der Waals surface area contributed by atoms with E-state index in [2.05, 4.69) is 42.7 Å². The number of hydrogen-bond acceptors (Lipinski definition) is 3. The summed E-state index contributed by atoms with van der Waals surface area (Å²) in [6.07, 6.45) is 2.36. The van der Waals surface area contributed by atoms with Crippen molar-refractivity contribution in [2.24, 2.45) is 0 Å². The summed E-state index contributed by atoms with van der Waals surface area (Å²) in [7, 11) is 0. The summed E-state index contributed by atoms with van der Waals surface area (Å²) in [5.74, 6) is 2.09. The van der Waals surface area contributed by atoms with Crippen LogP contribution in [-0.4, -0.2) is 28.6 Å². The van der Waals surface area contributed by atoms with Crippen LogP contribution < -0.4 is 9.64 Å². The molecule has 1 atom stereocenters. The monoisotopic (exact) mass is 487 g/mol. The summed E-state index contributed by atoms with van der Waals surface area (Å²) < 4.78 is 8.33. The van der Waals surface area contributed by atoms with Gasteiger partial charge in [0.2, 0.25) is 5.91 Å². The Kier molecular flexibility index (Phi) is 6.78. The number of nitrogens with zero attached hydrogens (tertiary/aromatic N) is 3. The van der Waals surface area contributed by atoms with Crippen LogP contribution in [0.2, 0.25) is 5.02 Å². The van der Waals surface area contributed by atoms with Crippen LogP contribution >= 0.6 is 11.6 Å². The molecule has 5 rings (SSSR count). The number of hydrogen-bond donors (Lipinski definition) is 0. The van der Waals surface area contributed by atoms with Crippen LogP contribution in [0, 0.1) is 13.8 Å². The maximum absolute atomic E-state index is 12.9. The Bertz CT molecular complexity index is 1360. The molecule has 1 aliphatic rings. The van der Waals surface area contributed by atoms with Gasteiger partial charge in [-0.3, -0.25) is 4.79 Å². The number of unbranched alkanes of at least 4 members (excludes halogenated alkanes) is 1. The van der Waals surface area contributed by atoms with Gasteiger partial charge in [0.25, 0.3) is 0 Å². The van der Waals surface area contributed by atoms with Crippen LogP contribution in [-0.2, 0) is 11.3 Å². The molecule has 180 valence electrons. The maximum Gasteiger partial charge on any atom is 0.227 e. The number of aromatic nitrogens is 2. The van der Waals surface area contributed by atoms with E-state index in [1.807, 2.05) is 47.4 Å². The van der Waals surface area contributed by atoms with E-state index in [0.717, 1.165) is 47.7 Å². The summed E-state index contributed by atoms with van der Waals surface area (Å²) in [5, 5.41) is 0.633. The molecule has 0 aliphatic carbocycles. The number of carbonyl (C=O) groups excluding carboxylic acids is 1. The van der Waals surface area contributed by atoms with E-state index in [0.29, 0.717) is 24.6 Å². The minimum atomic E-state index is 0.0420. The van der Waals surface area contributed by atoms with Crippen LogP contribution in [0.5, 0.6) is 5.75 Å². The van der Waals surface area contributed by atoms with Crippen molar-refractivity contribution in [1.82, 2.24) is 9.55 Å². The number of benzene rings is 3. The summed E-state index contributed by atoms with van der Waals surface area (Å²) >= 11 is 6.18. The normalized spacial score (nSPS) is 15.8. The Morgan fingerprint density at radius 3 is 2.71 bits per heavy atom. The second-order valence-corrected chi connectivity index (χ2v) is 9.76. The largest absolute Gasteiger partial charge is 0.493 e. The van der Waals surface area contributed by atoms with Gasteiger partial charge in [0.05, 0.1) is 17.6 Å². The molecule has 0 radical (unpaired) electrons. The topological polar surface area (TPSA) is 47.4 Å². The lowest BCUT2D eigenvalue weighted by Crippen LogP contribution is -2.24. The van der Waals surface area contributed by atoms with Crippen molar-refractivity contribution in [3.05, 3.63) is 88.7 Å². The molecule has 0 saturated carbocycles. The van der Waals surface area contributed by atoms with Crippen molar-refractivity contribution in [3.8, 4) is 5.75 Å². The lowest BCUT2D eigenvalue weighted by Gasteiger charge is -2.18. The molecular weight excluding hydrogens is 458 g/mol. The number of anilines is 1. The maximum atomic E-state index is 12.9. The van der Waals surface area contributed by atoms with Crippen molar-refractivity contribution >= 4 is 34.2 Å². The zero-order valence-electron chi connectivity index (χ0n) is 20.2. The molecule has 4 aromatic rings. The third-order valence-electron chi connectivity index (χ3n) is 6.66. The Balaban J connectivity index is 1.29. The van der Waals surface area contributed by atoms with Gasteiger partial charge in [-0.25, -0.2) is 4.98 Å². The van der Waals surface area contributed by atoms with Crippen LogP contribution in [0.1, 0.15) is 42.1 Å². The molecule has 1 aliphatic heterocycles. The van der Waals surface area contributed by atoms with Crippen molar-refractivity contribution in [1.29, 1.82) is 0 Å². The van der Waals surface area contributed by atoms with Crippen molar-refractivity contribution in [2.75, 3.05) is 18.1 Å². The van der Waals surface area contributed by atoms with E-state index in [9.17, 15) is 4.79 Å². The number of rotatable bonds is 8. The Hall–Kier alpha value is -3.31. The van der Waals surface area contributed by atoms with E-state index in [1.54, 1.807) is 0 Å². The summed E-state index contributed by atoms with van der Waals surface area (Å²) in [6, 6.07) is 22.0. The standard InChI is InChI=1S/C29H30ClN3O2/c1-20-12-13-27(21(2)16-20)35-15-6-5-14-32-26-11-4-3-10-25(26)31-29(32)22-17-28(34)33(19-22)24-9-7-8-23(30)18-24/h3-4,7-13,16,18,22H,5-6,14-15,17,19H2,1-2H3. The van der Waals surface area contributed by atoms with Gasteiger partial charge in [-0.2, -0.15) is 0 Å². The van der Waals surface area contributed by atoms with Crippen LogP contribution in [0.25, 0.3) is 11.0 Å². The van der Waals surface area contributed by atoms with Gasteiger partial charge in [0.1, 0.15) is 11.6 Å². The highest BCUT2D eigenvalue weighted by Gasteiger charge is 2.34. The Morgan fingerprint density at radius 2 is 1.89 bits per heavy atom. The first-order valence-electron chi connectivity index (χ1n) is 12.2. The molecule has 0 N–H and O–H groups in total. The smallest absolute Gasteiger partial charge is 0.227 e. The number of ether oxygens (including phenoxy) is 1. The molecule has 1 unspecified atom stereocenters. The number of carbonyl (C=O) groups is 1. The Labute approximate surface area is 211 Å². The number of aryl methyl sites for hydroxylation is 3. The fraction of sp³-hybridized carbons (Fsp3) is 0.310. The fourth-order valence-corrected chi connectivity index (χ4v) is 5.11. The first-order chi connectivity index (χ1) is 17.0. The lowest BCUT2D eigenvalue weighted by molar-refractivity contribution is -0.117. The molecule has 3 aromatic carbocycles. The highest BCUT2D eigenvalue weighted by atomic mass is 35.5. The molecule has 1 amide bonds. The van der Waals surface area contributed by atoms with E-state index in [1.165, 1.54) is 11.1 Å².